The summed E-state index contributed by atoms with van der Waals surface area (Å²) in [6, 6.07) is 10.4. The van der Waals surface area contributed by atoms with E-state index in [4.69, 9.17) is 27.9 Å². The topological polar surface area (TPSA) is 79.3 Å². The fraction of sp³-hybridized carbons (Fsp3) is 0.200. The summed E-state index contributed by atoms with van der Waals surface area (Å²) >= 11 is 12.6. The molecule has 0 aromatic heterocycles. The van der Waals surface area contributed by atoms with Crippen LogP contribution in [0.5, 0.6) is 5.75 Å². The Morgan fingerprint density at radius 2 is 1.69 bits per heavy atom. The summed E-state index contributed by atoms with van der Waals surface area (Å²) in [5, 5.41) is 6.05. The van der Waals surface area contributed by atoms with Crippen molar-refractivity contribution in [1.82, 2.24) is 0 Å². The Hall–Kier alpha value is -2.90. The zero-order chi connectivity index (χ0) is 20.9. The minimum absolute atomic E-state index is 0.0123. The van der Waals surface area contributed by atoms with Crippen LogP contribution >= 0.6 is 23.2 Å². The van der Waals surface area contributed by atoms with Gasteiger partial charge in [-0.1, -0.05) is 41.4 Å². The summed E-state index contributed by atoms with van der Waals surface area (Å²) in [4.78, 5) is 39.9. The molecule has 1 fully saturated rings. The minimum Gasteiger partial charge on any atom is -0.495 e. The number of hydrogen-bond acceptors (Lipinski definition) is 6. The summed E-state index contributed by atoms with van der Waals surface area (Å²) in [6.07, 6.45) is 0. The SMILES string of the molecule is COc1ccccc1N1C(=O)[C@H]2C(C(C)=O)=NN(c3c(Cl)cccc3Cl)[C@@H]2C1=O. The smallest absolute Gasteiger partial charge is 0.260 e. The van der Waals surface area contributed by atoms with E-state index in [-0.39, 0.29) is 21.4 Å². The predicted molar refractivity (Wildman–Crippen MR) is 110 cm³/mol. The van der Waals surface area contributed by atoms with Gasteiger partial charge in [0.25, 0.3) is 5.91 Å². The first-order valence-electron chi connectivity index (χ1n) is 8.70. The molecule has 0 saturated carbocycles. The molecule has 0 aliphatic carbocycles. The Balaban J connectivity index is 1.87. The monoisotopic (exact) mass is 431 g/mol. The van der Waals surface area contributed by atoms with Gasteiger partial charge in [-0.3, -0.25) is 14.4 Å². The summed E-state index contributed by atoms with van der Waals surface area (Å²) in [7, 11) is 1.45. The van der Waals surface area contributed by atoms with Gasteiger partial charge in [0.05, 0.1) is 28.5 Å². The standard InChI is InChI=1S/C20H15Cl2N3O4/c1-10(26)16-15-18(25(23-16)17-11(21)6-5-7-12(17)22)20(28)24(19(15)27)13-8-3-4-9-14(13)29-2/h3-9,15,18H,1-2H3/t15-,18-/m0/s1. The van der Waals surface area contributed by atoms with Crippen LogP contribution < -0.4 is 14.6 Å². The van der Waals surface area contributed by atoms with Crippen molar-refractivity contribution in [2.24, 2.45) is 11.0 Å². The number of halogens is 2. The van der Waals surface area contributed by atoms with E-state index in [0.29, 0.717) is 11.4 Å². The summed E-state index contributed by atoms with van der Waals surface area (Å²) in [5.74, 6) is -2.20. The molecule has 7 nitrogen and oxygen atoms in total. The Bertz CT molecular complexity index is 1060. The first-order chi connectivity index (χ1) is 13.9. The zero-order valence-electron chi connectivity index (χ0n) is 15.4. The van der Waals surface area contributed by atoms with Crippen molar-refractivity contribution in [1.29, 1.82) is 0 Å². The summed E-state index contributed by atoms with van der Waals surface area (Å²) in [5.41, 5.74) is 0.555. The maximum Gasteiger partial charge on any atom is 0.260 e. The fourth-order valence-corrected chi connectivity index (χ4v) is 4.22. The molecule has 2 aliphatic rings. The minimum atomic E-state index is -1.07. The molecule has 29 heavy (non-hydrogen) atoms. The van der Waals surface area contributed by atoms with Gasteiger partial charge in [0.15, 0.2) is 5.78 Å². The number of fused-ring (bicyclic) bond motifs is 1. The van der Waals surface area contributed by atoms with E-state index in [9.17, 15) is 14.4 Å². The van der Waals surface area contributed by atoms with E-state index >= 15 is 0 Å². The van der Waals surface area contributed by atoms with Crippen LogP contribution in [0.15, 0.2) is 47.6 Å². The molecule has 2 aliphatic heterocycles. The molecule has 2 atom stereocenters. The number of ketones is 1. The van der Waals surface area contributed by atoms with Gasteiger partial charge in [-0.15, -0.1) is 0 Å². The molecule has 2 heterocycles. The molecule has 2 aromatic rings. The molecule has 0 radical (unpaired) electrons. The van der Waals surface area contributed by atoms with E-state index in [1.807, 2.05) is 0 Å². The number of para-hydroxylation sites is 3. The van der Waals surface area contributed by atoms with Crippen molar-refractivity contribution in [3.05, 3.63) is 52.5 Å². The largest absolute Gasteiger partial charge is 0.495 e. The van der Waals surface area contributed by atoms with Crippen LogP contribution in [0, 0.1) is 5.92 Å². The first kappa shape index (κ1) is 19.4. The lowest BCUT2D eigenvalue weighted by Gasteiger charge is -2.24. The highest BCUT2D eigenvalue weighted by molar-refractivity contribution is 6.49. The van der Waals surface area contributed by atoms with E-state index in [0.717, 1.165) is 4.90 Å². The number of benzene rings is 2. The zero-order valence-corrected chi connectivity index (χ0v) is 16.9. The van der Waals surface area contributed by atoms with Gasteiger partial charge in [0, 0.05) is 6.92 Å². The highest BCUT2D eigenvalue weighted by Gasteiger charge is 2.58. The van der Waals surface area contributed by atoms with Gasteiger partial charge < -0.3 is 4.74 Å². The third-order valence-corrected chi connectivity index (χ3v) is 5.51. The number of rotatable bonds is 4. The van der Waals surface area contributed by atoms with Gasteiger partial charge in [-0.05, 0) is 24.3 Å². The molecule has 2 aromatic carbocycles. The molecule has 0 N–H and O–H groups in total. The quantitative estimate of drug-likeness (QED) is 0.693. The number of amides is 2. The Labute approximate surface area is 176 Å². The van der Waals surface area contributed by atoms with E-state index in [1.165, 1.54) is 19.0 Å². The van der Waals surface area contributed by atoms with Crippen LogP contribution in [-0.4, -0.2) is 36.5 Å². The lowest BCUT2D eigenvalue weighted by atomic mass is 9.95. The normalized spacial score (nSPS) is 20.8. The van der Waals surface area contributed by atoms with Crippen molar-refractivity contribution in [3.8, 4) is 5.75 Å². The number of Topliss-reactive ketones (excluding diaryl/α,β-unsaturated/α-hetero) is 1. The van der Waals surface area contributed by atoms with Gasteiger partial charge >= 0.3 is 0 Å². The van der Waals surface area contributed by atoms with E-state index in [1.54, 1.807) is 42.5 Å². The van der Waals surface area contributed by atoms with Crippen LogP contribution in [-0.2, 0) is 14.4 Å². The second-order valence-corrected chi connectivity index (χ2v) is 7.38. The molecule has 2 amide bonds. The lowest BCUT2D eigenvalue weighted by molar-refractivity contribution is -0.122. The van der Waals surface area contributed by atoms with Crippen molar-refractivity contribution in [3.63, 3.8) is 0 Å². The molecule has 148 valence electrons. The number of carbonyl (C=O) groups excluding carboxylic acids is 3. The lowest BCUT2D eigenvalue weighted by Crippen LogP contribution is -2.39. The van der Waals surface area contributed by atoms with E-state index < -0.39 is 29.6 Å². The van der Waals surface area contributed by atoms with Crippen LogP contribution in [0.2, 0.25) is 10.0 Å². The number of ether oxygens (including phenoxy) is 1. The number of hydrazone groups is 1. The van der Waals surface area contributed by atoms with Gasteiger partial charge in [-0.2, -0.15) is 5.10 Å². The van der Waals surface area contributed by atoms with E-state index in [2.05, 4.69) is 5.10 Å². The Morgan fingerprint density at radius 1 is 1.03 bits per heavy atom. The number of hydrogen-bond donors (Lipinski definition) is 0. The first-order valence-corrected chi connectivity index (χ1v) is 9.46. The molecule has 0 spiro atoms. The van der Waals surface area contributed by atoms with Crippen LogP contribution in [0.4, 0.5) is 11.4 Å². The third kappa shape index (κ3) is 2.89. The van der Waals surface area contributed by atoms with Crippen LogP contribution in [0.1, 0.15) is 6.92 Å². The van der Waals surface area contributed by atoms with Gasteiger partial charge in [0.1, 0.15) is 23.4 Å². The maximum atomic E-state index is 13.4. The van der Waals surface area contributed by atoms with Crippen molar-refractivity contribution in [2.75, 3.05) is 17.0 Å². The maximum absolute atomic E-state index is 13.4. The molecular weight excluding hydrogens is 417 g/mol. The summed E-state index contributed by atoms with van der Waals surface area (Å²) in [6.45, 7) is 1.30. The fourth-order valence-electron chi connectivity index (χ4n) is 3.65. The number of methoxy groups -OCH3 is 1. The third-order valence-electron chi connectivity index (χ3n) is 4.90. The van der Waals surface area contributed by atoms with Crippen molar-refractivity contribution < 1.29 is 19.1 Å². The van der Waals surface area contributed by atoms with Crippen LogP contribution in [0.3, 0.4) is 0 Å². The molecule has 4 rings (SSSR count). The molecule has 9 heteroatoms. The average Bonchev–Trinajstić information content (AvgIpc) is 3.19. The number of nitrogens with zero attached hydrogens (tertiary/aromatic N) is 3. The Kier molecular flexibility index (Phi) is 4.80. The second kappa shape index (κ2) is 7.17. The number of imide groups is 1. The second-order valence-electron chi connectivity index (χ2n) is 6.56. The number of anilines is 2. The molecule has 1 saturated heterocycles. The molecule has 0 unspecified atom stereocenters. The van der Waals surface area contributed by atoms with Gasteiger partial charge in [-0.25, -0.2) is 9.91 Å². The van der Waals surface area contributed by atoms with Crippen LogP contribution in [0.25, 0.3) is 0 Å². The average molecular weight is 432 g/mol. The highest BCUT2D eigenvalue weighted by atomic mass is 35.5. The van der Waals surface area contributed by atoms with Crippen molar-refractivity contribution >= 4 is 57.9 Å². The number of carbonyl (C=O) groups is 3. The summed E-state index contributed by atoms with van der Waals surface area (Å²) < 4.78 is 5.30. The van der Waals surface area contributed by atoms with Gasteiger partial charge in [0.2, 0.25) is 5.91 Å². The molecule has 0 bridgehead atoms. The Morgan fingerprint density at radius 3 is 2.31 bits per heavy atom. The van der Waals surface area contributed by atoms with Crippen molar-refractivity contribution in [2.45, 2.75) is 13.0 Å². The highest BCUT2D eigenvalue weighted by Crippen LogP contribution is 2.44. The molecular formula is C20H15Cl2N3O4. The predicted octanol–water partition coefficient (Wildman–Crippen LogP) is 3.33.